The van der Waals surface area contributed by atoms with Crippen LogP contribution in [0.15, 0.2) is 91.0 Å². The van der Waals surface area contributed by atoms with Gasteiger partial charge in [0.2, 0.25) is 0 Å². The minimum atomic E-state index is -0.267. The molecule has 0 spiro atoms. The monoisotopic (exact) mass is 492 g/mol. The van der Waals surface area contributed by atoms with Crippen molar-refractivity contribution in [2.24, 2.45) is 0 Å². The molecule has 4 nitrogen and oxygen atoms in total. The Morgan fingerprint density at radius 3 is 1.45 bits per heavy atom. The molecule has 0 unspecified atom stereocenters. The Kier molecular flexibility index (Phi) is 3.93. The van der Waals surface area contributed by atoms with Crippen LogP contribution in [-0.4, -0.2) is 16.2 Å². The van der Waals surface area contributed by atoms with Crippen LogP contribution in [0.1, 0.15) is 47.1 Å². The normalized spacial score (nSPS) is 14.2. The molecule has 0 saturated carbocycles. The van der Waals surface area contributed by atoms with E-state index < -0.39 is 0 Å². The van der Waals surface area contributed by atoms with Gasteiger partial charge in [0.05, 0.1) is 33.4 Å². The first kappa shape index (κ1) is 21.4. The maximum Gasteiger partial charge on any atom is 0.268 e. The van der Waals surface area contributed by atoms with Crippen molar-refractivity contribution in [2.45, 2.75) is 26.2 Å². The van der Waals surface area contributed by atoms with E-state index in [4.69, 9.17) is 0 Å². The van der Waals surface area contributed by atoms with Gasteiger partial charge < -0.3 is 4.40 Å². The van der Waals surface area contributed by atoms with Crippen molar-refractivity contribution >= 4 is 66.4 Å². The summed E-state index contributed by atoms with van der Waals surface area (Å²) in [6, 6.07) is 30.4. The number of rotatable bonds is 1. The van der Waals surface area contributed by atoms with Gasteiger partial charge in [0.25, 0.3) is 11.8 Å². The minimum Gasteiger partial charge on any atom is -0.306 e. The first-order valence-corrected chi connectivity index (χ1v) is 13.0. The molecule has 7 aromatic rings. The van der Waals surface area contributed by atoms with Crippen molar-refractivity contribution in [2.75, 3.05) is 4.90 Å². The number of fused-ring (bicyclic) bond motifs is 9. The smallest absolute Gasteiger partial charge is 0.268 e. The van der Waals surface area contributed by atoms with Gasteiger partial charge in [-0.05, 0) is 46.0 Å². The highest BCUT2D eigenvalue weighted by Crippen LogP contribution is 2.47. The van der Waals surface area contributed by atoms with Crippen LogP contribution in [0, 0.1) is 0 Å². The summed E-state index contributed by atoms with van der Waals surface area (Å²) in [5, 5.41) is 6.42. The Labute approximate surface area is 219 Å². The van der Waals surface area contributed by atoms with Crippen molar-refractivity contribution in [1.29, 1.82) is 0 Å². The number of para-hydroxylation sites is 1. The molecular formula is C34H24N2O2. The van der Waals surface area contributed by atoms with Gasteiger partial charge in [0.1, 0.15) is 0 Å². The fourth-order valence-electron chi connectivity index (χ4n) is 6.42. The SMILES string of the molecule is CC(C)(C)c1cc2c3ccccc3c3c4c(c5c6ccccc6c(c1)c2n35)C(=O)N(c1ccccc1)C4=O. The third-order valence-electron chi connectivity index (χ3n) is 8.16. The Morgan fingerprint density at radius 2 is 0.974 bits per heavy atom. The summed E-state index contributed by atoms with van der Waals surface area (Å²) in [6.07, 6.45) is 0. The molecule has 38 heavy (non-hydrogen) atoms. The number of nitrogens with zero attached hydrogens (tertiary/aromatic N) is 2. The van der Waals surface area contributed by atoms with E-state index in [-0.39, 0.29) is 17.2 Å². The molecule has 0 N–H and O–H groups in total. The molecule has 0 saturated heterocycles. The summed E-state index contributed by atoms with van der Waals surface area (Å²) in [7, 11) is 0. The van der Waals surface area contributed by atoms with Crippen molar-refractivity contribution in [1.82, 2.24) is 4.40 Å². The van der Waals surface area contributed by atoms with Gasteiger partial charge in [0, 0.05) is 21.5 Å². The van der Waals surface area contributed by atoms with Gasteiger partial charge in [-0.25, -0.2) is 4.90 Å². The Balaban J connectivity index is 1.67. The molecule has 182 valence electrons. The second kappa shape index (κ2) is 6.99. The quantitative estimate of drug-likeness (QED) is 0.132. The summed E-state index contributed by atoms with van der Waals surface area (Å²) < 4.78 is 2.20. The van der Waals surface area contributed by atoms with E-state index in [1.165, 1.54) is 10.5 Å². The number of hydrogen-bond acceptors (Lipinski definition) is 2. The zero-order chi connectivity index (χ0) is 25.9. The fourth-order valence-corrected chi connectivity index (χ4v) is 6.42. The molecule has 3 aromatic heterocycles. The third kappa shape index (κ3) is 2.50. The summed E-state index contributed by atoms with van der Waals surface area (Å²) in [4.78, 5) is 29.6. The minimum absolute atomic E-state index is 0.0451. The van der Waals surface area contributed by atoms with E-state index >= 15 is 0 Å². The first-order chi connectivity index (χ1) is 18.4. The van der Waals surface area contributed by atoms with Crippen molar-refractivity contribution in [3.05, 3.63) is 108 Å². The Bertz CT molecular complexity index is 2020. The lowest BCUT2D eigenvalue weighted by atomic mass is 9.84. The second-order valence-electron chi connectivity index (χ2n) is 11.3. The molecule has 1 aliphatic heterocycles. The highest BCUT2D eigenvalue weighted by atomic mass is 16.2. The van der Waals surface area contributed by atoms with Crippen LogP contribution in [0.25, 0.3) is 48.9 Å². The van der Waals surface area contributed by atoms with Crippen molar-refractivity contribution in [3.63, 3.8) is 0 Å². The largest absolute Gasteiger partial charge is 0.306 e. The summed E-state index contributed by atoms with van der Waals surface area (Å²) >= 11 is 0. The molecular weight excluding hydrogens is 468 g/mol. The summed E-state index contributed by atoms with van der Waals surface area (Å²) in [6.45, 7) is 6.71. The molecule has 4 heterocycles. The van der Waals surface area contributed by atoms with Crippen LogP contribution in [0.5, 0.6) is 0 Å². The highest BCUT2D eigenvalue weighted by Gasteiger charge is 2.43. The Hall–Kier alpha value is -4.70. The van der Waals surface area contributed by atoms with Crippen molar-refractivity contribution < 1.29 is 9.59 Å². The van der Waals surface area contributed by atoms with E-state index in [1.807, 2.05) is 42.5 Å². The zero-order valence-corrected chi connectivity index (χ0v) is 21.4. The molecule has 8 rings (SSSR count). The highest BCUT2D eigenvalue weighted by molar-refractivity contribution is 6.43. The van der Waals surface area contributed by atoms with Gasteiger partial charge in [-0.3, -0.25) is 9.59 Å². The predicted octanol–water partition coefficient (Wildman–Crippen LogP) is 8.09. The number of pyridine rings is 2. The van der Waals surface area contributed by atoms with Crippen LogP contribution in [0.4, 0.5) is 5.69 Å². The second-order valence-corrected chi connectivity index (χ2v) is 11.3. The van der Waals surface area contributed by atoms with Crippen LogP contribution in [0.3, 0.4) is 0 Å². The number of aromatic nitrogens is 1. The van der Waals surface area contributed by atoms with Crippen LogP contribution >= 0.6 is 0 Å². The predicted molar refractivity (Wildman–Crippen MR) is 155 cm³/mol. The molecule has 0 fully saturated rings. The number of benzene rings is 4. The molecule has 4 heteroatoms. The molecule has 0 radical (unpaired) electrons. The van der Waals surface area contributed by atoms with Gasteiger partial charge in [-0.15, -0.1) is 0 Å². The summed E-state index contributed by atoms with van der Waals surface area (Å²) in [5.41, 5.74) is 5.48. The topological polar surface area (TPSA) is 41.8 Å². The lowest BCUT2D eigenvalue weighted by molar-refractivity contribution is 0.0926. The van der Waals surface area contributed by atoms with E-state index in [9.17, 15) is 9.59 Å². The van der Waals surface area contributed by atoms with E-state index in [0.29, 0.717) is 16.8 Å². The molecule has 1 aliphatic rings. The van der Waals surface area contributed by atoms with Gasteiger partial charge in [-0.2, -0.15) is 0 Å². The van der Waals surface area contributed by atoms with Crippen molar-refractivity contribution in [3.8, 4) is 0 Å². The Morgan fingerprint density at radius 1 is 0.526 bits per heavy atom. The molecule has 4 aromatic carbocycles. The first-order valence-electron chi connectivity index (χ1n) is 13.0. The third-order valence-corrected chi connectivity index (χ3v) is 8.16. The van der Waals surface area contributed by atoms with Gasteiger partial charge in [0.15, 0.2) is 0 Å². The summed E-state index contributed by atoms with van der Waals surface area (Å²) in [5.74, 6) is -0.534. The maximum absolute atomic E-state index is 14.1. The maximum atomic E-state index is 14.1. The van der Waals surface area contributed by atoms with Gasteiger partial charge >= 0.3 is 0 Å². The zero-order valence-electron chi connectivity index (χ0n) is 21.4. The number of imide groups is 1. The van der Waals surface area contributed by atoms with Crippen LogP contribution < -0.4 is 4.90 Å². The van der Waals surface area contributed by atoms with E-state index in [1.54, 1.807) is 0 Å². The molecule has 0 aliphatic carbocycles. The van der Waals surface area contributed by atoms with Gasteiger partial charge in [-0.1, -0.05) is 87.5 Å². The van der Waals surface area contributed by atoms with Crippen LogP contribution in [0.2, 0.25) is 0 Å². The molecule has 0 atom stereocenters. The number of anilines is 1. The lowest BCUT2D eigenvalue weighted by Gasteiger charge is -2.24. The molecule has 0 bridgehead atoms. The van der Waals surface area contributed by atoms with E-state index in [2.05, 4.69) is 73.7 Å². The average Bonchev–Trinajstić information content (AvgIpc) is 3.41. The lowest BCUT2D eigenvalue weighted by Crippen LogP contribution is -2.30. The number of carbonyl (C=O) groups excluding carboxylic acids is 2. The van der Waals surface area contributed by atoms with Crippen LogP contribution in [-0.2, 0) is 5.41 Å². The number of amides is 2. The number of hydrogen-bond donors (Lipinski definition) is 0. The average molecular weight is 493 g/mol. The standard InChI is InChI=1S/C34H24N2O2/c1-34(2,3)19-17-25-21-13-7-9-15-23(21)30-27-28(33(38)35(32(27)37)20-11-5-4-6-12-20)31-24-16-10-8-14-22(24)26(18-19)29(25)36(30)31/h4-18H,1-3H3. The fraction of sp³-hybridized carbons (Fsp3) is 0.118. The molecule has 2 amide bonds. The van der Waals surface area contributed by atoms with E-state index in [0.717, 1.165) is 48.9 Å². The number of carbonyl (C=O) groups is 2.